The third-order valence-electron chi connectivity index (χ3n) is 2.46. The van der Waals surface area contributed by atoms with Crippen molar-refractivity contribution in [3.63, 3.8) is 0 Å². The van der Waals surface area contributed by atoms with Crippen molar-refractivity contribution in [1.82, 2.24) is 9.97 Å². The number of nitrogens with one attached hydrogen (secondary N) is 1. The first kappa shape index (κ1) is 14.6. The van der Waals surface area contributed by atoms with Crippen LogP contribution in [0, 0.1) is 0 Å². The lowest BCUT2D eigenvalue weighted by Crippen LogP contribution is -2.26. The maximum absolute atomic E-state index is 5.97. The second kappa shape index (κ2) is 6.45. The van der Waals surface area contributed by atoms with Crippen molar-refractivity contribution in [3.05, 3.63) is 17.0 Å². The van der Waals surface area contributed by atoms with Crippen LogP contribution in [0.3, 0.4) is 0 Å². The Morgan fingerprint density at radius 3 is 2.71 bits per heavy atom. The topological polar surface area (TPSA) is 37.8 Å². The van der Waals surface area contributed by atoms with Gasteiger partial charge in [0.05, 0.1) is 0 Å². The highest BCUT2D eigenvalue weighted by Crippen LogP contribution is 2.22. The Hall–Kier alpha value is -0.480. The number of anilines is 1. The predicted octanol–water partition coefficient (Wildman–Crippen LogP) is 3.64. The maximum atomic E-state index is 5.97. The van der Waals surface area contributed by atoms with E-state index in [-0.39, 0.29) is 4.75 Å². The highest BCUT2D eigenvalue weighted by Gasteiger charge is 2.15. The van der Waals surface area contributed by atoms with Gasteiger partial charge in [0, 0.05) is 23.8 Å². The van der Waals surface area contributed by atoms with Gasteiger partial charge in [-0.2, -0.15) is 11.8 Å². The monoisotopic (exact) mass is 273 g/mol. The molecular formula is C12H20ClN3S. The van der Waals surface area contributed by atoms with Gasteiger partial charge in [-0.1, -0.05) is 18.5 Å². The summed E-state index contributed by atoms with van der Waals surface area (Å²) in [5.74, 6) is 1.63. The Morgan fingerprint density at radius 1 is 1.41 bits per heavy atom. The highest BCUT2D eigenvalue weighted by atomic mass is 35.5. The Morgan fingerprint density at radius 2 is 2.12 bits per heavy atom. The van der Waals surface area contributed by atoms with E-state index in [4.69, 9.17) is 11.6 Å². The molecule has 0 spiro atoms. The molecule has 1 aromatic heterocycles. The quantitative estimate of drug-likeness (QED) is 0.803. The summed E-state index contributed by atoms with van der Waals surface area (Å²) in [5.41, 5.74) is 0. The molecule has 0 saturated carbocycles. The minimum atomic E-state index is 0.183. The van der Waals surface area contributed by atoms with Gasteiger partial charge in [-0.05, 0) is 26.5 Å². The Kier molecular flexibility index (Phi) is 5.53. The van der Waals surface area contributed by atoms with Crippen LogP contribution in [0.1, 0.15) is 33.0 Å². The van der Waals surface area contributed by atoms with Crippen molar-refractivity contribution in [1.29, 1.82) is 0 Å². The number of hydrogen-bond donors (Lipinski definition) is 1. The van der Waals surface area contributed by atoms with Gasteiger partial charge in [-0.3, -0.25) is 0 Å². The third-order valence-corrected chi connectivity index (χ3v) is 3.91. The van der Waals surface area contributed by atoms with E-state index in [1.54, 1.807) is 6.07 Å². The molecule has 1 N–H and O–H groups in total. The molecule has 1 rings (SSSR count). The highest BCUT2D eigenvalue weighted by molar-refractivity contribution is 7.99. The van der Waals surface area contributed by atoms with Gasteiger partial charge in [0.15, 0.2) is 0 Å². The summed E-state index contributed by atoms with van der Waals surface area (Å²) in [6, 6.07) is 1.77. The number of hydrogen-bond acceptors (Lipinski definition) is 4. The summed E-state index contributed by atoms with van der Waals surface area (Å²) in [6.07, 6.45) is 3.99. The molecule has 5 heteroatoms. The minimum Gasteiger partial charge on any atom is -0.369 e. The van der Waals surface area contributed by atoms with E-state index in [0.717, 1.165) is 31.0 Å². The van der Waals surface area contributed by atoms with E-state index in [2.05, 4.69) is 42.3 Å². The van der Waals surface area contributed by atoms with Crippen molar-refractivity contribution < 1.29 is 0 Å². The van der Waals surface area contributed by atoms with Crippen LogP contribution in [0.25, 0.3) is 0 Å². The molecule has 0 saturated heterocycles. The van der Waals surface area contributed by atoms with Gasteiger partial charge in [0.1, 0.15) is 16.8 Å². The van der Waals surface area contributed by atoms with Crippen LogP contribution in [-0.4, -0.2) is 27.5 Å². The van der Waals surface area contributed by atoms with Gasteiger partial charge in [0.25, 0.3) is 0 Å². The van der Waals surface area contributed by atoms with E-state index in [9.17, 15) is 0 Å². The van der Waals surface area contributed by atoms with Crippen LogP contribution in [0.15, 0.2) is 6.07 Å². The second-order valence-electron chi connectivity index (χ2n) is 4.56. The van der Waals surface area contributed by atoms with Gasteiger partial charge in [-0.15, -0.1) is 0 Å². The average molecular weight is 274 g/mol. The molecule has 0 aliphatic heterocycles. The first-order valence-corrected chi connectivity index (χ1v) is 7.39. The zero-order valence-electron chi connectivity index (χ0n) is 10.9. The smallest absolute Gasteiger partial charge is 0.134 e. The Balaban J connectivity index is 2.70. The van der Waals surface area contributed by atoms with E-state index < -0.39 is 0 Å². The largest absolute Gasteiger partial charge is 0.369 e. The lowest BCUT2D eigenvalue weighted by Gasteiger charge is -2.22. The van der Waals surface area contributed by atoms with Crippen LogP contribution < -0.4 is 5.32 Å². The van der Waals surface area contributed by atoms with Crippen molar-refractivity contribution in [3.8, 4) is 0 Å². The van der Waals surface area contributed by atoms with Crippen molar-refractivity contribution in [2.24, 2.45) is 0 Å². The van der Waals surface area contributed by atoms with Gasteiger partial charge < -0.3 is 5.32 Å². The van der Waals surface area contributed by atoms with E-state index in [1.165, 1.54) is 0 Å². The van der Waals surface area contributed by atoms with Gasteiger partial charge in [-0.25, -0.2) is 9.97 Å². The molecule has 96 valence electrons. The lowest BCUT2D eigenvalue weighted by molar-refractivity contribution is 0.746. The maximum Gasteiger partial charge on any atom is 0.134 e. The zero-order valence-corrected chi connectivity index (χ0v) is 12.5. The van der Waals surface area contributed by atoms with E-state index in [0.29, 0.717) is 5.15 Å². The van der Waals surface area contributed by atoms with Crippen molar-refractivity contribution >= 4 is 29.2 Å². The summed E-state index contributed by atoms with van der Waals surface area (Å²) < 4.78 is 0.183. The van der Waals surface area contributed by atoms with Gasteiger partial charge in [0.2, 0.25) is 0 Å². The minimum absolute atomic E-state index is 0.183. The Labute approximate surface area is 113 Å². The predicted molar refractivity (Wildman–Crippen MR) is 77.1 cm³/mol. The fraction of sp³-hybridized carbons (Fsp3) is 0.667. The molecule has 1 heterocycles. The number of nitrogens with zero attached hydrogens (tertiary/aromatic N) is 2. The molecule has 3 nitrogen and oxygen atoms in total. The SMILES string of the molecule is CCCc1nc(Cl)cc(NCC(C)(C)SC)n1. The standard InChI is InChI=1S/C12H20ClN3S/c1-5-6-10-15-9(13)7-11(16-10)14-8-12(2,3)17-4/h7H,5-6,8H2,1-4H3,(H,14,15,16). The molecule has 0 radical (unpaired) electrons. The van der Waals surface area contributed by atoms with Crippen LogP contribution in [0.2, 0.25) is 5.15 Å². The fourth-order valence-corrected chi connectivity index (χ4v) is 1.68. The number of aryl methyl sites for hydroxylation is 1. The zero-order chi connectivity index (χ0) is 12.9. The third kappa shape index (κ3) is 5.13. The molecule has 0 amide bonds. The van der Waals surface area contributed by atoms with Crippen molar-refractivity contribution in [2.45, 2.75) is 38.4 Å². The molecule has 17 heavy (non-hydrogen) atoms. The number of thioether (sulfide) groups is 1. The summed E-state index contributed by atoms with van der Waals surface area (Å²) in [5, 5.41) is 3.83. The van der Waals surface area contributed by atoms with Crippen molar-refractivity contribution in [2.75, 3.05) is 18.1 Å². The molecule has 0 unspecified atom stereocenters. The summed E-state index contributed by atoms with van der Waals surface area (Å²) in [7, 11) is 0. The van der Waals surface area contributed by atoms with Crippen LogP contribution >= 0.6 is 23.4 Å². The van der Waals surface area contributed by atoms with Crippen LogP contribution in [0.5, 0.6) is 0 Å². The first-order chi connectivity index (χ1) is 7.96. The molecule has 0 aromatic carbocycles. The number of rotatable bonds is 6. The van der Waals surface area contributed by atoms with E-state index >= 15 is 0 Å². The van der Waals surface area contributed by atoms with Crippen LogP contribution in [0.4, 0.5) is 5.82 Å². The summed E-state index contributed by atoms with van der Waals surface area (Å²) in [4.78, 5) is 8.64. The van der Waals surface area contributed by atoms with Crippen LogP contribution in [-0.2, 0) is 6.42 Å². The average Bonchev–Trinajstić information content (AvgIpc) is 2.26. The lowest BCUT2D eigenvalue weighted by atomic mass is 10.2. The fourth-order valence-electron chi connectivity index (χ4n) is 1.27. The number of halogens is 1. The number of aromatic nitrogens is 2. The summed E-state index contributed by atoms with van der Waals surface area (Å²) >= 11 is 7.80. The molecular weight excluding hydrogens is 254 g/mol. The van der Waals surface area contributed by atoms with E-state index in [1.807, 2.05) is 11.8 Å². The Bertz CT molecular complexity index is 369. The molecule has 1 aromatic rings. The summed E-state index contributed by atoms with van der Waals surface area (Å²) in [6.45, 7) is 7.35. The molecule has 0 aliphatic carbocycles. The molecule has 0 aliphatic rings. The molecule has 0 atom stereocenters. The molecule has 0 fully saturated rings. The first-order valence-electron chi connectivity index (χ1n) is 5.79. The van der Waals surface area contributed by atoms with Gasteiger partial charge >= 0.3 is 0 Å². The second-order valence-corrected chi connectivity index (χ2v) is 6.46. The normalized spacial score (nSPS) is 11.6. The molecule has 0 bridgehead atoms.